The third kappa shape index (κ3) is 4.81. The van der Waals surface area contributed by atoms with E-state index >= 15 is 0 Å². The van der Waals surface area contributed by atoms with Gasteiger partial charge in [0.05, 0.1) is 29.6 Å². The van der Waals surface area contributed by atoms with Crippen LogP contribution in [0.1, 0.15) is 5.56 Å². The Bertz CT molecular complexity index is 905. The molecule has 0 radical (unpaired) electrons. The zero-order chi connectivity index (χ0) is 19.2. The fourth-order valence-electron chi connectivity index (χ4n) is 2.31. The van der Waals surface area contributed by atoms with E-state index in [1.807, 2.05) is 0 Å². The first-order valence-electron chi connectivity index (χ1n) is 7.96. The van der Waals surface area contributed by atoms with Gasteiger partial charge in [0.25, 0.3) is 0 Å². The number of hydrogen-bond donors (Lipinski definition) is 2. The zero-order valence-corrected chi connectivity index (χ0v) is 15.9. The topological polar surface area (TPSA) is 46.2 Å². The van der Waals surface area contributed by atoms with E-state index in [9.17, 15) is 8.78 Å². The summed E-state index contributed by atoms with van der Waals surface area (Å²) in [7, 11) is 1.54. The molecule has 2 aromatic carbocycles. The molecule has 0 spiro atoms. The smallest absolute Gasteiger partial charge is 0.213 e. The molecule has 0 atom stereocenters. The average Bonchev–Trinajstić information content (AvgIpc) is 2.67. The molecule has 0 amide bonds. The minimum atomic E-state index is -0.442. The molecule has 1 aromatic heterocycles. The summed E-state index contributed by atoms with van der Waals surface area (Å²) >= 11 is 7.24. The summed E-state index contributed by atoms with van der Waals surface area (Å²) in [6.45, 7) is 0.0596. The molecular weight excluding hydrogens is 392 g/mol. The Labute approximate surface area is 165 Å². The van der Waals surface area contributed by atoms with Crippen molar-refractivity contribution in [1.82, 2.24) is 4.98 Å². The van der Waals surface area contributed by atoms with E-state index in [2.05, 4.69) is 15.0 Å². The van der Waals surface area contributed by atoms with Crippen molar-refractivity contribution in [3.05, 3.63) is 76.9 Å². The summed E-state index contributed by atoms with van der Waals surface area (Å²) in [5.41, 5.74) is 1.27. The lowest BCUT2D eigenvalue weighted by molar-refractivity contribution is 0.398. The van der Waals surface area contributed by atoms with Gasteiger partial charge in [0.15, 0.2) is 0 Å². The highest BCUT2D eigenvalue weighted by Gasteiger charge is 2.12. The van der Waals surface area contributed by atoms with E-state index in [0.717, 1.165) is 5.69 Å². The second kappa shape index (κ2) is 8.92. The van der Waals surface area contributed by atoms with Gasteiger partial charge < -0.3 is 14.8 Å². The summed E-state index contributed by atoms with van der Waals surface area (Å²) in [6, 6.07) is 12.6. The van der Waals surface area contributed by atoms with Crippen molar-refractivity contribution in [2.24, 2.45) is 0 Å². The fourth-order valence-corrected chi connectivity index (χ4v) is 3.31. The van der Waals surface area contributed by atoms with Gasteiger partial charge in [-0.2, -0.15) is 0 Å². The van der Waals surface area contributed by atoms with Gasteiger partial charge in [-0.3, -0.25) is 0 Å². The Morgan fingerprint density at radius 2 is 1.85 bits per heavy atom. The van der Waals surface area contributed by atoms with Crippen molar-refractivity contribution >= 4 is 34.9 Å². The van der Waals surface area contributed by atoms with Gasteiger partial charge in [0.2, 0.25) is 5.88 Å². The molecule has 3 rings (SSSR count). The predicted molar refractivity (Wildman–Crippen MR) is 105 cm³/mol. The number of nitrogens with one attached hydrogen (secondary N) is 2. The summed E-state index contributed by atoms with van der Waals surface area (Å²) in [6.07, 6.45) is 1.61. The van der Waals surface area contributed by atoms with Crippen LogP contribution in [0, 0.1) is 11.6 Å². The van der Waals surface area contributed by atoms with Crippen LogP contribution in [0.5, 0.6) is 5.88 Å². The number of rotatable bonds is 7. The van der Waals surface area contributed by atoms with E-state index in [1.165, 1.54) is 37.3 Å². The number of aromatic nitrogens is 1. The van der Waals surface area contributed by atoms with Crippen LogP contribution >= 0.6 is 23.5 Å². The maximum Gasteiger partial charge on any atom is 0.213 e. The van der Waals surface area contributed by atoms with Crippen LogP contribution in [-0.2, 0) is 6.54 Å². The largest absolute Gasteiger partial charge is 0.481 e. The van der Waals surface area contributed by atoms with Crippen LogP contribution in [0.4, 0.5) is 20.2 Å². The highest BCUT2D eigenvalue weighted by molar-refractivity contribution is 8.00. The molecule has 8 heteroatoms. The van der Waals surface area contributed by atoms with Crippen LogP contribution in [0.3, 0.4) is 0 Å². The zero-order valence-electron chi connectivity index (χ0n) is 14.3. The van der Waals surface area contributed by atoms with Crippen molar-refractivity contribution in [3.8, 4) is 5.88 Å². The molecule has 0 aliphatic carbocycles. The third-order valence-corrected chi connectivity index (χ3v) is 4.96. The van der Waals surface area contributed by atoms with Crippen LogP contribution in [0.25, 0.3) is 0 Å². The minimum absolute atomic E-state index is 0.0596. The van der Waals surface area contributed by atoms with Crippen molar-refractivity contribution in [1.29, 1.82) is 0 Å². The Morgan fingerprint density at radius 1 is 1.07 bits per heavy atom. The highest BCUT2D eigenvalue weighted by Crippen LogP contribution is 2.31. The van der Waals surface area contributed by atoms with Gasteiger partial charge in [0.1, 0.15) is 11.6 Å². The lowest BCUT2D eigenvalue weighted by atomic mass is 10.2. The summed E-state index contributed by atoms with van der Waals surface area (Å²) in [5, 5.41) is 3.23. The Balaban J connectivity index is 1.74. The van der Waals surface area contributed by atoms with Crippen LogP contribution in [0.2, 0.25) is 5.02 Å². The SMILES string of the molecule is COc1ccc(NSc2cccc(F)c2NCc2c(F)cccc2Cl)cn1. The van der Waals surface area contributed by atoms with E-state index in [1.54, 1.807) is 36.5 Å². The maximum absolute atomic E-state index is 14.3. The first kappa shape index (κ1) is 19.3. The van der Waals surface area contributed by atoms with E-state index < -0.39 is 11.6 Å². The normalized spacial score (nSPS) is 10.5. The summed E-state index contributed by atoms with van der Waals surface area (Å²) in [4.78, 5) is 4.71. The highest BCUT2D eigenvalue weighted by atomic mass is 35.5. The number of halogens is 3. The number of methoxy groups -OCH3 is 1. The number of para-hydroxylation sites is 1. The van der Waals surface area contributed by atoms with Crippen LogP contribution < -0.4 is 14.8 Å². The first-order valence-corrected chi connectivity index (χ1v) is 9.16. The van der Waals surface area contributed by atoms with Crippen molar-refractivity contribution in [2.75, 3.05) is 17.1 Å². The Hall–Kier alpha value is -2.51. The van der Waals surface area contributed by atoms with Gasteiger partial charge in [-0.25, -0.2) is 13.8 Å². The van der Waals surface area contributed by atoms with Crippen molar-refractivity contribution < 1.29 is 13.5 Å². The first-order chi connectivity index (χ1) is 13.1. The molecule has 0 aliphatic heterocycles. The molecule has 0 saturated heterocycles. The average molecular weight is 408 g/mol. The van der Waals surface area contributed by atoms with Gasteiger partial charge in [-0.15, -0.1) is 0 Å². The van der Waals surface area contributed by atoms with Gasteiger partial charge >= 0.3 is 0 Å². The van der Waals surface area contributed by atoms with Gasteiger partial charge in [-0.05, 0) is 42.3 Å². The number of nitrogens with zero attached hydrogens (tertiary/aromatic N) is 1. The molecule has 1 heterocycles. The molecule has 3 aromatic rings. The predicted octanol–water partition coefficient (Wildman–Crippen LogP) is 5.75. The summed E-state index contributed by atoms with van der Waals surface area (Å²) in [5.74, 6) is -0.384. The number of ether oxygens (including phenoxy) is 1. The number of anilines is 2. The lowest BCUT2D eigenvalue weighted by Crippen LogP contribution is -2.06. The standard InChI is InChI=1S/C19H16ClF2N3OS/c1-26-18-9-8-12(10-23-18)25-27-17-7-3-6-16(22)19(17)24-11-13-14(20)4-2-5-15(13)21/h2-10,24-25H,11H2,1H3. The molecule has 0 bridgehead atoms. The van der Waals surface area contributed by atoms with E-state index in [0.29, 0.717) is 10.8 Å². The molecular formula is C19H16ClF2N3OS. The summed E-state index contributed by atoms with van der Waals surface area (Å²) < 4.78 is 36.4. The second-order valence-electron chi connectivity index (χ2n) is 5.46. The number of benzene rings is 2. The molecule has 140 valence electrons. The van der Waals surface area contributed by atoms with E-state index in [4.69, 9.17) is 16.3 Å². The Morgan fingerprint density at radius 3 is 2.56 bits per heavy atom. The molecule has 27 heavy (non-hydrogen) atoms. The monoisotopic (exact) mass is 407 g/mol. The minimum Gasteiger partial charge on any atom is -0.481 e. The van der Waals surface area contributed by atoms with Gasteiger partial charge in [-0.1, -0.05) is 23.7 Å². The Kier molecular flexibility index (Phi) is 6.36. The molecule has 4 nitrogen and oxygen atoms in total. The van der Waals surface area contributed by atoms with E-state index in [-0.39, 0.29) is 22.8 Å². The van der Waals surface area contributed by atoms with Crippen LogP contribution in [0.15, 0.2) is 59.6 Å². The maximum atomic E-state index is 14.3. The van der Waals surface area contributed by atoms with Gasteiger partial charge in [0, 0.05) is 23.2 Å². The van der Waals surface area contributed by atoms with Crippen molar-refractivity contribution in [2.45, 2.75) is 11.4 Å². The number of pyridine rings is 1. The quantitative estimate of drug-likeness (QED) is 0.488. The number of hydrogen-bond acceptors (Lipinski definition) is 5. The molecule has 0 aliphatic rings. The lowest BCUT2D eigenvalue weighted by Gasteiger charge is -2.14. The molecule has 0 saturated carbocycles. The second-order valence-corrected chi connectivity index (χ2v) is 6.72. The fraction of sp³-hybridized carbons (Fsp3) is 0.105. The van der Waals surface area contributed by atoms with Crippen molar-refractivity contribution in [3.63, 3.8) is 0 Å². The molecule has 2 N–H and O–H groups in total. The third-order valence-electron chi connectivity index (χ3n) is 3.70. The molecule has 0 unspecified atom stereocenters. The van der Waals surface area contributed by atoms with Crippen LogP contribution in [-0.4, -0.2) is 12.1 Å². The molecule has 0 fully saturated rings.